The molecule has 1 rings (SSSR count). The number of carbonyl (C=O) groups excluding carboxylic acids is 2. The van der Waals surface area contributed by atoms with E-state index < -0.39 is 0 Å². The summed E-state index contributed by atoms with van der Waals surface area (Å²) in [6.07, 6.45) is 0.902. The molecule has 0 aliphatic rings. The number of ketones is 1. The van der Waals surface area contributed by atoms with Crippen LogP contribution in [0.2, 0.25) is 0 Å². The van der Waals surface area contributed by atoms with Crippen molar-refractivity contribution in [3.8, 4) is 0 Å². The largest absolute Gasteiger partial charge is 0.398 e. The standard InChI is InChI=1S/C14H21N3O2/c1-4-7-16-14(19)9(2)17-11-5-6-12(10(3)18)13(15)8-11/h5-6,8-9,17H,4,7,15H2,1-3H3,(H,16,19). The monoisotopic (exact) mass is 263 g/mol. The topological polar surface area (TPSA) is 84.2 Å². The minimum absolute atomic E-state index is 0.0592. The van der Waals surface area contributed by atoms with Gasteiger partial charge in [-0.25, -0.2) is 0 Å². The van der Waals surface area contributed by atoms with Crippen LogP contribution in [-0.4, -0.2) is 24.3 Å². The maximum atomic E-state index is 11.7. The third-order valence-electron chi connectivity index (χ3n) is 2.76. The van der Waals surface area contributed by atoms with Gasteiger partial charge in [-0.15, -0.1) is 0 Å². The van der Waals surface area contributed by atoms with Crippen molar-refractivity contribution in [3.63, 3.8) is 0 Å². The molecule has 0 aromatic heterocycles. The lowest BCUT2D eigenvalue weighted by molar-refractivity contribution is -0.121. The van der Waals surface area contributed by atoms with Crippen molar-refractivity contribution < 1.29 is 9.59 Å². The Bertz CT molecular complexity index is 472. The van der Waals surface area contributed by atoms with Crippen LogP contribution in [0.25, 0.3) is 0 Å². The highest BCUT2D eigenvalue weighted by Crippen LogP contribution is 2.19. The van der Waals surface area contributed by atoms with Crippen LogP contribution in [0.15, 0.2) is 18.2 Å². The van der Waals surface area contributed by atoms with Gasteiger partial charge < -0.3 is 16.4 Å². The molecule has 0 aliphatic heterocycles. The number of nitrogens with two attached hydrogens (primary N) is 1. The fraction of sp³-hybridized carbons (Fsp3) is 0.429. The molecule has 1 aromatic carbocycles. The lowest BCUT2D eigenvalue weighted by Gasteiger charge is -2.16. The van der Waals surface area contributed by atoms with Gasteiger partial charge in [0.1, 0.15) is 6.04 Å². The van der Waals surface area contributed by atoms with E-state index in [-0.39, 0.29) is 17.7 Å². The number of rotatable bonds is 6. The maximum absolute atomic E-state index is 11.7. The lowest BCUT2D eigenvalue weighted by atomic mass is 10.1. The molecule has 0 spiro atoms. The molecular formula is C14H21N3O2. The molecule has 0 heterocycles. The molecule has 1 amide bonds. The summed E-state index contributed by atoms with van der Waals surface area (Å²) < 4.78 is 0. The van der Waals surface area contributed by atoms with Crippen molar-refractivity contribution in [1.82, 2.24) is 5.32 Å². The van der Waals surface area contributed by atoms with Crippen LogP contribution in [-0.2, 0) is 4.79 Å². The number of Topliss-reactive ketones (excluding diaryl/α,β-unsaturated/α-hetero) is 1. The van der Waals surface area contributed by atoms with E-state index in [1.54, 1.807) is 25.1 Å². The minimum atomic E-state index is -0.353. The van der Waals surface area contributed by atoms with Crippen LogP contribution in [0.4, 0.5) is 11.4 Å². The number of anilines is 2. The van der Waals surface area contributed by atoms with Gasteiger partial charge in [0.05, 0.1) is 0 Å². The van der Waals surface area contributed by atoms with Crippen molar-refractivity contribution in [1.29, 1.82) is 0 Å². The molecule has 0 saturated carbocycles. The van der Waals surface area contributed by atoms with E-state index >= 15 is 0 Å². The van der Waals surface area contributed by atoms with Crippen molar-refractivity contribution in [2.24, 2.45) is 0 Å². The van der Waals surface area contributed by atoms with Crippen LogP contribution in [0.3, 0.4) is 0 Å². The van der Waals surface area contributed by atoms with E-state index in [9.17, 15) is 9.59 Å². The van der Waals surface area contributed by atoms with Crippen molar-refractivity contribution >= 4 is 23.1 Å². The fourth-order valence-corrected chi connectivity index (χ4v) is 1.69. The Kier molecular flexibility index (Phi) is 5.36. The zero-order chi connectivity index (χ0) is 14.4. The highest BCUT2D eigenvalue weighted by atomic mass is 16.2. The Labute approximate surface area is 113 Å². The number of nitrogens with one attached hydrogen (secondary N) is 2. The van der Waals surface area contributed by atoms with E-state index in [4.69, 9.17) is 5.73 Å². The SMILES string of the molecule is CCCNC(=O)C(C)Nc1ccc(C(C)=O)c(N)c1. The predicted molar refractivity (Wildman–Crippen MR) is 77.2 cm³/mol. The highest BCUT2D eigenvalue weighted by Gasteiger charge is 2.12. The van der Waals surface area contributed by atoms with Crippen LogP contribution in [0, 0.1) is 0 Å². The van der Waals surface area contributed by atoms with E-state index in [0.29, 0.717) is 17.8 Å². The summed E-state index contributed by atoms with van der Waals surface area (Å²) in [5.41, 5.74) is 7.43. The molecule has 19 heavy (non-hydrogen) atoms. The molecule has 1 aromatic rings. The molecule has 104 valence electrons. The quantitative estimate of drug-likeness (QED) is 0.539. The van der Waals surface area contributed by atoms with Gasteiger partial charge in [0, 0.05) is 23.5 Å². The highest BCUT2D eigenvalue weighted by molar-refractivity contribution is 5.99. The third kappa shape index (κ3) is 4.28. The molecule has 1 atom stereocenters. The summed E-state index contributed by atoms with van der Waals surface area (Å²) in [5.74, 6) is -0.131. The van der Waals surface area contributed by atoms with Gasteiger partial charge in [-0.3, -0.25) is 9.59 Å². The zero-order valence-corrected chi connectivity index (χ0v) is 11.6. The Hall–Kier alpha value is -2.04. The first-order valence-corrected chi connectivity index (χ1v) is 6.40. The Morgan fingerprint density at radius 3 is 2.58 bits per heavy atom. The number of benzene rings is 1. The third-order valence-corrected chi connectivity index (χ3v) is 2.76. The Balaban J connectivity index is 2.69. The van der Waals surface area contributed by atoms with E-state index in [0.717, 1.165) is 12.1 Å². The van der Waals surface area contributed by atoms with Crippen molar-refractivity contribution in [2.75, 3.05) is 17.6 Å². The smallest absolute Gasteiger partial charge is 0.242 e. The Morgan fingerprint density at radius 1 is 1.37 bits per heavy atom. The summed E-state index contributed by atoms with van der Waals surface area (Å²) in [5, 5.41) is 5.86. The van der Waals surface area contributed by atoms with Gasteiger partial charge >= 0.3 is 0 Å². The molecule has 0 saturated heterocycles. The normalized spacial score (nSPS) is 11.7. The molecule has 4 N–H and O–H groups in total. The van der Waals surface area contributed by atoms with E-state index in [1.807, 2.05) is 6.92 Å². The van der Waals surface area contributed by atoms with Gasteiger partial charge in [-0.05, 0) is 38.5 Å². The van der Waals surface area contributed by atoms with Gasteiger partial charge in [-0.2, -0.15) is 0 Å². The summed E-state index contributed by atoms with van der Waals surface area (Å²) in [4.78, 5) is 23.0. The summed E-state index contributed by atoms with van der Waals surface area (Å²) in [7, 11) is 0. The minimum Gasteiger partial charge on any atom is -0.398 e. The number of amides is 1. The van der Waals surface area contributed by atoms with Crippen molar-refractivity contribution in [2.45, 2.75) is 33.2 Å². The molecular weight excluding hydrogens is 242 g/mol. The van der Waals surface area contributed by atoms with Crippen LogP contribution < -0.4 is 16.4 Å². The van der Waals surface area contributed by atoms with Gasteiger partial charge in [0.25, 0.3) is 0 Å². The van der Waals surface area contributed by atoms with Crippen molar-refractivity contribution in [3.05, 3.63) is 23.8 Å². The van der Waals surface area contributed by atoms with Crippen LogP contribution >= 0.6 is 0 Å². The van der Waals surface area contributed by atoms with Gasteiger partial charge in [0.2, 0.25) is 5.91 Å². The van der Waals surface area contributed by atoms with Crippen LogP contribution in [0.1, 0.15) is 37.6 Å². The first-order chi connectivity index (χ1) is 8.95. The number of carbonyl (C=O) groups is 2. The van der Waals surface area contributed by atoms with E-state index in [2.05, 4.69) is 10.6 Å². The number of nitrogen functional groups attached to an aromatic ring is 1. The summed E-state index contributed by atoms with van der Waals surface area (Å²) in [6.45, 7) is 5.91. The predicted octanol–water partition coefficient (Wildman–Crippen LogP) is 1.80. The molecule has 0 radical (unpaired) electrons. The Morgan fingerprint density at radius 2 is 2.05 bits per heavy atom. The lowest BCUT2D eigenvalue weighted by Crippen LogP contribution is -2.37. The number of hydrogen-bond acceptors (Lipinski definition) is 4. The van der Waals surface area contributed by atoms with Gasteiger partial charge in [0.15, 0.2) is 5.78 Å². The molecule has 0 fully saturated rings. The maximum Gasteiger partial charge on any atom is 0.242 e. The van der Waals surface area contributed by atoms with Gasteiger partial charge in [-0.1, -0.05) is 6.92 Å². The average molecular weight is 263 g/mol. The van der Waals surface area contributed by atoms with E-state index in [1.165, 1.54) is 6.92 Å². The summed E-state index contributed by atoms with van der Waals surface area (Å²) in [6, 6.07) is 4.72. The molecule has 5 nitrogen and oxygen atoms in total. The zero-order valence-electron chi connectivity index (χ0n) is 11.6. The second-order valence-electron chi connectivity index (χ2n) is 4.52. The second kappa shape index (κ2) is 6.78. The second-order valence-corrected chi connectivity index (χ2v) is 4.52. The average Bonchev–Trinajstić information content (AvgIpc) is 2.35. The molecule has 0 bridgehead atoms. The fourth-order valence-electron chi connectivity index (χ4n) is 1.69. The van der Waals surface area contributed by atoms with Crippen LogP contribution in [0.5, 0.6) is 0 Å². The first-order valence-electron chi connectivity index (χ1n) is 6.40. The molecule has 1 unspecified atom stereocenters. The first kappa shape index (κ1) is 15.0. The molecule has 5 heteroatoms. The molecule has 0 aliphatic carbocycles. The summed E-state index contributed by atoms with van der Waals surface area (Å²) >= 11 is 0. The number of hydrogen-bond donors (Lipinski definition) is 3.